The Bertz CT molecular complexity index is 1140. The number of rotatable bonds is 9. The van der Waals surface area contributed by atoms with E-state index in [1.165, 1.54) is 34.6 Å². The first kappa shape index (κ1) is 27.6. The second-order valence-electron chi connectivity index (χ2n) is 7.87. The maximum atomic E-state index is 13.9. The predicted octanol–water partition coefficient (Wildman–Crippen LogP) is 3.47. The number of halogens is 4. The van der Waals surface area contributed by atoms with Crippen LogP contribution in [0.5, 0.6) is 5.75 Å². The van der Waals surface area contributed by atoms with Gasteiger partial charge in [-0.05, 0) is 37.3 Å². The number of benzene rings is 2. The largest absolute Gasteiger partial charge is 0.493 e. The van der Waals surface area contributed by atoms with Gasteiger partial charge in [-0.25, -0.2) is 12.8 Å². The summed E-state index contributed by atoms with van der Waals surface area (Å²) in [7, 11) is -3.85. The van der Waals surface area contributed by atoms with Crippen molar-refractivity contribution in [3.05, 3.63) is 57.8 Å². The van der Waals surface area contributed by atoms with E-state index in [1.54, 1.807) is 13.0 Å². The summed E-state index contributed by atoms with van der Waals surface area (Å²) in [5.41, 5.74) is -0.697. The summed E-state index contributed by atoms with van der Waals surface area (Å²) in [6.07, 6.45) is -0.576. The lowest BCUT2D eigenvalue weighted by molar-refractivity contribution is 0.0172. The molecule has 0 radical (unpaired) electrons. The molecule has 0 saturated carbocycles. The minimum absolute atomic E-state index is 0. The van der Waals surface area contributed by atoms with Gasteiger partial charge in [-0.15, -0.1) is 12.4 Å². The summed E-state index contributed by atoms with van der Waals surface area (Å²) in [5.74, 6) is -0.458. The third-order valence-corrected chi connectivity index (χ3v) is 7.59. The van der Waals surface area contributed by atoms with Crippen LogP contribution in [0.3, 0.4) is 0 Å². The summed E-state index contributed by atoms with van der Waals surface area (Å²) >= 11 is 12.0. The lowest BCUT2D eigenvalue weighted by atomic mass is 9.82. The second kappa shape index (κ2) is 11.2. The van der Waals surface area contributed by atoms with E-state index >= 15 is 0 Å². The zero-order valence-electron chi connectivity index (χ0n) is 17.6. The molecule has 0 aromatic heterocycles. The zero-order chi connectivity index (χ0) is 23.5. The van der Waals surface area contributed by atoms with Gasteiger partial charge in [0.05, 0.1) is 23.3 Å². The Balaban J connectivity index is 0.00000385. The quantitative estimate of drug-likeness (QED) is 0.507. The van der Waals surface area contributed by atoms with Crippen molar-refractivity contribution in [2.45, 2.75) is 17.9 Å². The normalized spacial score (nSPS) is 16.2. The molecule has 0 bridgehead atoms. The molecule has 12 heteroatoms. The molecule has 1 aliphatic rings. The Morgan fingerprint density at radius 3 is 2.58 bits per heavy atom. The maximum absolute atomic E-state index is 13.9. The van der Waals surface area contributed by atoms with Crippen molar-refractivity contribution >= 4 is 45.6 Å². The zero-order valence-corrected chi connectivity index (χ0v) is 20.7. The van der Waals surface area contributed by atoms with Crippen LogP contribution in [0.2, 0.25) is 10.0 Å². The maximum Gasteiger partial charge on any atom is 0.244 e. The molecule has 180 valence electrons. The minimum Gasteiger partial charge on any atom is -0.493 e. The van der Waals surface area contributed by atoms with Gasteiger partial charge in [0.1, 0.15) is 22.5 Å². The van der Waals surface area contributed by atoms with E-state index in [4.69, 9.17) is 33.2 Å². The molecular weight excluding hydrogens is 516 g/mol. The fourth-order valence-electron chi connectivity index (χ4n) is 3.41. The van der Waals surface area contributed by atoms with Crippen molar-refractivity contribution < 1.29 is 22.7 Å². The number of hydrogen-bond donors (Lipinski definition) is 2. The van der Waals surface area contributed by atoms with Crippen LogP contribution in [0.4, 0.5) is 4.39 Å². The lowest BCUT2D eigenvalue weighted by Gasteiger charge is -2.49. The summed E-state index contributed by atoms with van der Waals surface area (Å²) in [4.78, 5) is -0.0378. The first-order chi connectivity index (χ1) is 15.1. The van der Waals surface area contributed by atoms with E-state index in [9.17, 15) is 17.9 Å². The highest BCUT2D eigenvalue weighted by Gasteiger charge is 2.49. The van der Waals surface area contributed by atoms with E-state index in [2.05, 4.69) is 5.32 Å². The highest BCUT2D eigenvalue weighted by atomic mass is 35.5. The highest BCUT2D eigenvalue weighted by molar-refractivity contribution is 7.89. The lowest BCUT2D eigenvalue weighted by Crippen LogP contribution is -2.64. The Labute approximate surface area is 208 Å². The number of hydrogen-bond acceptors (Lipinski definition) is 6. The van der Waals surface area contributed by atoms with Crippen molar-refractivity contribution in [3.8, 4) is 11.8 Å². The third kappa shape index (κ3) is 6.49. The molecule has 2 aromatic carbocycles. The van der Waals surface area contributed by atoms with Crippen LogP contribution in [0.25, 0.3) is 0 Å². The molecule has 1 aliphatic heterocycles. The molecule has 2 N–H and O–H groups in total. The van der Waals surface area contributed by atoms with Crippen LogP contribution < -0.4 is 10.1 Å². The number of aliphatic hydroxyl groups is 1. The van der Waals surface area contributed by atoms with Gasteiger partial charge in [-0.2, -0.15) is 9.57 Å². The van der Waals surface area contributed by atoms with Crippen LogP contribution in [-0.4, -0.2) is 56.7 Å². The van der Waals surface area contributed by atoms with Crippen molar-refractivity contribution in [2.24, 2.45) is 5.41 Å². The number of ether oxygens (including phenoxy) is 1. The van der Waals surface area contributed by atoms with E-state index in [-0.39, 0.29) is 53.3 Å². The van der Waals surface area contributed by atoms with Crippen molar-refractivity contribution in [3.63, 3.8) is 0 Å². The van der Waals surface area contributed by atoms with Crippen LogP contribution in [-0.2, 0) is 10.0 Å². The van der Waals surface area contributed by atoms with E-state index in [0.29, 0.717) is 18.1 Å². The number of aliphatic hydroxyl groups excluding tert-OH is 1. The van der Waals surface area contributed by atoms with Gasteiger partial charge in [0.25, 0.3) is 0 Å². The van der Waals surface area contributed by atoms with Gasteiger partial charge in [-0.1, -0.05) is 23.2 Å². The molecule has 7 nitrogen and oxygen atoms in total. The molecule has 0 amide bonds. The number of nitrogens with zero attached hydrogens (tertiary/aromatic N) is 2. The second-order valence-corrected chi connectivity index (χ2v) is 10.6. The Hall–Kier alpha value is -1.64. The Morgan fingerprint density at radius 1 is 1.30 bits per heavy atom. The van der Waals surface area contributed by atoms with Crippen molar-refractivity contribution in [1.82, 2.24) is 9.62 Å². The molecule has 1 atom stereocenters. The molecule has 2 aromatic rings. The fraction of sp³-hybridized carbons (Fsp3) is 0.381. The first-order valence-corrected chi connectivity index (χ1v) is 11.9. The van der Waals surface area contributed by atoms with Gasteiger partial charge < -0.3 is 15.2 Å². The summed E-state index contributed by atoms with van der Waals surface area (Å²) in [6.45, 7) is 2.71. The van der Waals surface area contributed by atoms with Gasteiger partial charge in [0.15, 0.2) is 0 Å². The SMILES string of the molecule is C[C@H](O)CNCC1(COc2ccc(C#N)c(F)c2)CN(S(=O)(=O)c2ccc(Cl)cc2Cl)C1.Cl. The van der Waals surface area contributed by atoms with Crippen LogP contribution >= 0.6 is 35.6 Å². The van der Waals surface area contributed by atoms with E-state index in [1.807, 2.05) is 0 Å². The summed E-state index contributed by atoms with van der Waals surface area (Å²) < 4.78 is 47.0. The van der Waals surface area contributed by atoms with Crippen LogP contribution in [0.1, 0.15) is 12.5 Å². The van der Waals surface area contributed by atoms with E-state index < -0.39 is 27.4 Å². The predicted molar refractivity (Wildman–Crippen MR) is 126 cm³/mol. The summed E-state index contributed by atoms with van der Waals surface area (Å²) in [5, 5.41) is 21.8. The topological polar surface area (TPSA) is 103 Å². The van der Waals surface area contributed by atoms with Crippen LogP contribution in [0, 0.1) is 22.6 Å². The first-order valence-electron chi connectivity index (χ1n) is 9.73. The third-order valence-electron chi connectivity index (χ3n) is 5.08. The fourth-order valence-corrected chi connectivity index (χ4v) is 5.82. The Kier molecular flexibility index (Phi) is 9.36. The van der Waals surface area contributed by atoms with Gasteiger partial charge in [0, 0.05) is 42.7 Å². The smallest absolute Gasteiger partial charge is 0.244 e. The number of nitriles is 1. The van der Waals surface area contributed by atoms with Crippen molar-refractivity contribution in [1.29, 1.82) is 5.26 Å². The number of nitrogens with one attached hydrogen (secondary N) is 1. The Morgan fingerprint density at radius 2 is 2.00 bits per heavy atom. The van der Waals surface area contributed by atoms with Gasteiger partial charge in [0.2, 0.25) is 10.0 Å². The monoisotopic (exact) mass is 537 g/mol. The highest BCUT2D eigenvalue weighted by Crippen LogP contribution is 2.37. The average molecular weight is 539 g/mol. The average Bonchev–Trinajstić information content (AvgIpc) is 2.68. The molecule has 0 spiro atoms. The molecule has 3 rings (SSSR count). The van der Waals surface area contributed by atoms with Gasteiger partial charge >= 0.3 is 0 Å². The molecule has 1 saturated heterocycles. The molecule has 1 heterocycles. The summed E-state index contributed by atoms with van der Waals surface area (Å²) in [6, 6.07) is 9.87. The molecule has 1 fully saturated rings. The molecule has 33 heavy (non-hydrogen) atoms. The number of sulfonamides is 1. The molecule has 0 aliphatic carbocycles. The minimum atomic E-state index is -3.85. The van der Waals surface area contributed by atoms with E-state index in [0.717, 1.165) is 6.07 Å². The molecular formula is C21H23Cl3FN3O4S. The molecule has 0 unspecified atom stereocenters. The van der Waals surface area contributed by atoms with Crippen molar-refractivity contribution in [2.75, 3.05) is 32.8 Å². The van der Waals surface area contributed by atoms with Gasteiger partial charge in [-0.3, -0.25) is 0 Å². The van der Waals surface area contributed by atoms with Crippen LogP contribution in [0.15, 0.2) is 41.3 Å². The standard InChI is InChI=1S/C21H22Cl2FN3O4S.ClH/c1-14(28)9-26-10-21(13-31-17-4-2-15(8-25)19(24)7-17)11-27(12-21)32(29,30)20-5-3-16(22)6-18(20)23;/h2-7,14,26,28H,9-13H2,1H3;1H/t14-;/m0./s1.